The van der Waals surface area contributed by atoms with Crippen LogP contribution in [0.5, 0.6) is 5.75 Å². The molecule has 1 aromatic carbocycles. The van der Waals surface area contributed by atoms with Crippen LogP contribution in [0.2, 0.25) is 0 Å². The minimum atomic E-state index is -0.156. The van der Waals surface area contributed by atoms with E-state index < -0.39 is 0 Å². The van der Waals surface area contributed by atoms with Gasteiger partial charge in [0.1, 0.15) is 5.75 Å². The molecule has 0 aliphatic carbocycles. The number of hydrogen-bond donors (Lipinski definition) is 2. The molecule has 106 valence electrons. The zero-order valence-corrected chi connectivity index (χ0v) is 11.6. The second-order valence-corrected chi connectivity index (χ2v) is 5.33. The van der Waals surface area contributed by atoms with Crippen molar-refractivity contribution < 1.29 is 9.63 Å². The van der Waals surface area contributed by atoms with Crippen molar-refractivity contribution in [2.75, 3.05) is 6.54 Å². The fourth-order valence-electron chi connectivity index (χ4n) is 2.88. The van der Waals surface area contributed by atoms with Crippen molar-refractivity contribution >= 4 is 0 Å². The first-order chi connectivity index (χ1) is 9.73. The number of aromatic nitrogens is 2. The van der Waals surface area contributed by atoms with Crippen LogP contribution in [-0.4, -0.2) is 21.8 Å². The van der Waals surface area contributed by atoms with E-state index in [2.05, 4.69) is 22.4 Å². The van der Waals surface area contributed by atoms with Crippen LogP contribution in [0.3, 0.4) is 0 Å². The van der Waals surface area contributed by atoms with Gasteiger partial charge in [-0.15, -0.1) is 0 Å². The van der Waals surface area contributed by atoms with Gasteiger partial charge in [0.2, 0.25) is 11.7 Å². The molecule has 0 radical (unpaired) electrons. The molecule has 1 aliphatic rings. The lowest BCUT2D eigenvalue weighted by Crippen LogP contribution is -2.36. The monoisotopic (exact) mass is 273 g/mol. The van der Waals surface area contributed by atoms with E-state index >= 15 is 0 Å². The minimum Gasteiger partial charge on any atom is -0.508 e. The number of nitrogens with one attached hydrogen (secondary N) is 1. The number of phenolic OH excluding ortho intramolecular Hbond substituents is 1. The summed E-state index contributed by atoms with van der Waals surface area (Å²) in [5, 5.41) is 16.9. The SMILES string of the molecule is CCCC1(c2nc(-c3ccc(O)cc3)no2)CCCN1. The van der Waals surface area contributed by atoms with Crippen molar-refractivity contribution in [1.29, 1.82) is 0 Å². The van der Waals surface area contributed by atoms with E-state index in [1.54, 1.807) is 24.3 Å². The third-order valence-electron chi connectivity index (χ3n) is 3.88. The van der Waals surface area contributed by atoms with Gasteiger partial charge in [-0.1, -0.05) is 18.5 Å². The molecule has 0 spiro atoms. The topological polar surface area (TPSA) is 71.2 Å². The first-order valence-electron chi connectivity index (χ1n) is 7.12. The van der Waals surface area contributed by atoms with Crippen LogP contribution in [0, 0.1) is 0 Å². The average molecular weight is 273 g/mol. The van der Waals surface area contributed by atoms with Crippen molar-refractivity contribution in [3.8, 4) is 17.1 Å². The summed E-state index contributed by atoms with van der Waals surface area (Å²) in [5.74, 6) is 1.49. The van der Waals surface area contributed by atoms with Crippen molar-refractivity contribution in [2.24, 2.45) is 0 Å². The molecule has 1 aliphatic heterocycles. The number of nitrogens with zero attached hydrogens (tertiary/aromatic N) is 2. The maximum Gasteiger partial charge on any atom is 0.247 e. The standard InChI is InChI=1S/C15H19N3O2/c1-2-8-15(9-3-10-16-15)14-17-13(18-20-14)11-4-6-12(19)7-5-11/h4-7,16,19H,2-3,8-10H2,1H3. The van der Waals surface area contributed by atoms with Gasteiger partial charge in [0.05, 0.1) is 5.54 Å². The van der Waals surface area contributed by atoms with Gasteiger partial charge in [0, 0.05) is 5.56 Å². The first kappa shape index (κ1) is 13.1. The van der Waals surface area contributed by atoms with E-state index in [0.717, 1.165) is 37.8 Å². The Balaban J connectivity index is 1.91. The van der Waals surface area contributed by atoms with Crippen LogP contribution in [0.25, 0.3) is 11.4 Å². The van der Waals surface area contributed by atoms with Gasteiger partial charge < -0.3 is 14.9 Å². The predicted molar refractivity (Wildman–Crippen MR) is 75.2 cm³/mol. The summed E-state index contributed by atoms with van der Waals surface area (Å²) < 4.78 is 5.50. The summed E-state index contributed by atoms with van der Waals surface area (Å²) >= 11 is 0. The molecule has 2 N–H and O–H groups in total. The van der Waals surface area contributed by atoms with Crippen LogP contribution in [0.15, 0.2) is 28.8 Å². The van der Waals surface area contributed by atoms with Gasteiger partial charge in [-0.3, -0.25) is 0 Å². The first-order valence-corrected chi connectivity index (χ1v) is 7.12. The molecule has 1 fully saturated rings. The number of benzene rings is 1. The largest absolute Gasteiger partial charge is 0.508 e. The molecule has 0 amide bonds. The lowest BCUT2D eigenvalue weighted by atomic mass is 9.92. The average Bonchev–Trinajstić information content (AvgIpc) is 3.09. The van der Waals surface area contributed by atoms with Gasteiger partial charge in [0.25, 0.3) is 0 Å². The minimum absolute atomic E-state index is 0.156. The van der Waals surface area contributed by atoms with Gasteiger partial charge in [-0.25, -0.2) is 0 Å². The molecule has 5 nitrogen and oxygen atoms in total. The Morgan fingerprint density at radius 3 is 2.80 bits per heavy atom. The van der Waals surface area contributed by atoms with E-state index in [4.69, 9.17) is 4.52 Å². The molecule has 1 aromatic heterocycles. The van der Waals surface area contributed by atoms with Crippen LogP contribution in [-0.2, 0) is 5.54 Å². The Labute approximate surface area is 118 Å². The van der Waals surface area contributed by atoms with E-state index in [1.807, 2.05) is 0 Å². The Hall–Kier alpha value is -1.88. The fourth-order valence-corrected chi connectivity index (χ4v) is 2.88. The van der Waals surface area contributed by atoms with E-state index in [-0.39, 0.29) is 11.3 Å². The molecule has 0 saturated carbocycles. The van der Waals surface area contributed by atoms with Crippen LogP contribution in [0.4, 0.5) is 0 Å². The predicted octanol–water partition coefficient (Wildman–Crippen LogP) is 2.82. The summed E-state index contributed by atoms with van der Waals surface area (Å²) in [5.41, 5.74) is 0.694. The normalized spacial score (nSPS) is 22.2. The molecule has 5 heteroatoms. The second kappa shape index (κ2) is 5.25. The molecule has 1 saturated heterocycles. The number of phenols is 1. The van der Waals surface area contributed by atoms with Crippen molar-refractivity contribution in [2.45, 2.75) is 38.1 Å². The summed E-state index contributed by atoms with van der Waals surface area (Å²) in [6.07, 6.45) is 4.25. The molecule has 1 atom stereocenters. The van der Waals surface area contributed by atoms with Gasteiger partial charge >= 0.3 is 0 Å². The number of rotatable bonds is 4. The van der Waals surface area contributed by atoms with Crippen molar-refractivity contribution in [3.05, 3.63) is 30.2 Å². The number of hydrogen-bond acceptors (Lipinski definition) is 5. The molecule has 0 bridgehead atoms. The number of aromatic hydroxyl groups is 1. The second-order valence-electron chi connectivity index (χ2n) is 5.33. The molecule has 2 heterocycles. The highest BCUT2D eigenvalue weighted by molar-refractivity contribution is 5.55. The zero-order chi connectivity index (χ0) is 14.0. The zero-order valence-electron chi connectivity index (χ0n) is 11.6. The van der Waals surface area contributed by atoms with Crippen molar-refractivity contribution in [1.82, 2.24) is 15.5 Å². The lowest BCUT2D eigenvalue weighted by Gasteiger charge is -2.24. The van der Waals surface area contributed by atoms with E-state index in [9.17, 15) is 5.11 Å². The Bertz CT molecular complexity index is 571. The summed E-state index contributed by atoms with van der Waals surface area (Å²) in [6, 6.07) is 6.83. The van der Waals surface area contributed by atoms with E-state index in [1.165, 1.54) is 0 Å². The molecule has 3 rings (SSSR count). The van der Waals surface area contributed by atoms with E-state index in [0.29, 0.717) is 11.7 Å². The molecule has 1 unspecified atom stereocenters. The maximum absolute atomic E-state index is 9.32. The van der Waals surface area contributed by atoms with Crippen LogP contribution >= 0.6 is 0 Å². The Morgan fingerprint density at radius 2 is 2.15 bits per heavy atom. The Morgan fingerprint density at radius 1 is 1.35 bits per heavy atom. The van der Waals surface area contributed by atoms with Gasteiger partial charge in [-0.05, 0) is 50.1 Å². The lowest BCUT2D eigenvalue weighted by molar-refractivity contribution is 0.241. The summed E-state index contributed by atoms with van der Waals surface area (Å²) in [7, 11) is 0. The summed E-state index contributed by atoms with van der Waals surface area (Å²) in [6.45, 7) is 3.16. The highest BCUT2D eigenvalue weighted by Crippen LogP contribution is 2.35. The van der Waals surface area contributed by atoms with Gasteiger partial charge in [-0.2, -0.15) is 4.98 Å². The quantitative estimate of drug-likeness (QED) is 0.896. The molecule has 2 aromatic rings. The smallest absolute Gasteiger partial charge is 0.247 e. The maximum atomic E-state index is 9.32. The van der Waals surface area contributed by atoms with Crippen LogP contribution in [0.1, 0.15) is 38.5 Å². The van der Waals surface area contributed by atoms with Crippen molar-refractivity contribution in [3.63, 3.8) is 0 Å². The fraction of sp³-hybridized carbons (Fsp3) is 0.467. The molecule has 20 heavy (non-hydrogen) atoms. The summed E-state index contributed by atoms with van der Waals surface area (Å²) in [4.78, 5) is 4.56. The highest BCUT2D eigenvalue weighted by Gasteiger charge is 2.39. The third-order valence-corrected chi connectivity index (χ3v) is 3.88. The van der Waals surface area contributed by atoms with Crippen LogP contribution < -0.4 is 5.32 Å². The molecular weight excluding hydrogens is 254 g/mol. The molecular formula is C15H19N3O2. The third kappa shape index (κ3) is 2.29. The van der Waals surface area contributed by atoms with Gasteiger partial charge in [0.15, 0.2) is 0 Å². The Kier molecular flexibility index (Phi) is 3.44. The highest BCUT2D eigenvalue weighted by atomic mass is 16.5.